The second kappa shape index (κ2) is 6.19. The summed E-state index contributed by atoms with van der Waals surface area (Å²) in [7, 11) is 0. The molecule has 0 unspecified atom stereocenters. The molecule has 19 heavy (non-hydrogen) atoms. The second-order valence-corrected chi connectivity index (χ2v) is 5.97. The predicted molar refractivity (Wildman–Crippen MR) is 74.4 cm³/mol. The average molecular weight is 281 g/mol. The van der Waals surface area contributed by atoms with E-state index < -0.39 is 11.4 Å². The first-order chi connectivity index (χ1) is 9.14. The largest absolute Gasteiger partial charge is 0.481 e. The van der Waals surface area contributed by atoms with Crippen LogP contribution in [0.5, 0.6) is 0 Å². The van der Waals surface area contributed by atoms with E-state index in [1.807, 2.05) is 5.38 Å². The lowest BCUT2D eigenvalue weighted by molar-refractivity contribution is -0.149. The Morgan fingerprint density at radius 1 is 1.26 bits per heavy atom. The summed E-state index contributed by atoms with van der Waals surface area (Å²) in [4.78, 5) is 23.5. The van der Waals surface area contributed by atoms with Gasteiger partial charge in [0, 0.05) is 17.5 Å². The summed E-state index contributed by atoms with van der Waals surface area (Å²) in [6, 6.07) is 1.75. The monoisotopic (exact) mass is 281 g/mol. The highest BCUT2D eigenvalue weighted by molar-refractivity contribution is 7.08. The lowest BCUT2D eigenvalue weighted by Gasteiger charge is -2.28. The maximum Gasteiger partial charge on any atom is 0.311 e. The minimum atomic E-state index is -0.778. The summed E-state index contributed by atoms with van der Waals surface area (Å²) in [5.74, 6) is -0.953. The number of rotatable bonds is 4. The predicted octanol–water partition coefficient (Wildman–Crippen LogP) is 2.90. The van der Waals surface area contributed by atoms with Gasteiger partial charge in [0.15, 0.2) is 0 Å². The molecule has 2 rings (SSSR count). The van der Waals surface area contributed by atoms with Crippen LogP contribution in [0.4, 0.5) is 0 Å². The van der Waals surface area contributed by atoms with Gasteiger partial charge in [-0.05, 0) is 24.3 Å². The van der Waals surface area contributed by atoms with Crippen molar-refractivity contribution in [3.8, 4) is 0 Å². The molecule has 1 fully saturated rings. The smallest absolute Gasteiger partial charge is 0.311 e. The Hall–Kier alpha value is -1.36. The van der Waals surface area contributed by atoms with Crippen LogP contribution in [0.15, 0.2) is 16.8 Å². The van der Waals surface area contributed by atoms with E-state index in [-0.39, 0.29) is 12.5 Å². The van der Waals surface area contributed by atoms with Gasteiger partial charge in [0.05, 0.1) is 5.41 Å². The molecule has 0 aromatic carbocycles. The van der Waals surface area contributed by atoms with Gasteiger partial charge in [-0.15, -0.1) is 0 Å². The Kier molecular flexibility index (Phi) is 4.58. The molecule has 1 aliphatic rings. The summed E-state index contributed by atoms with van der Waals surface area (Å²) in [5.41, 5.74) is -0.165. The van der Waals surface area contributed by atoms with Crippen molar-refractivity contribution in [3.63, 3.8) is 0 Å². The summed E-state index contributed by atoms with van der Waals surface area (Å²) in [6.45, 7) is 0.233. The third kappa shape index (κ3) is 3.35. The Morgan fingerprint density at radius 2 is 1.95 bits per heavy atom. The van der Waals surface area contributed by atoms with Gasteiger partial charge >= 0.3 is 5.97 Å². The van der Waals surface area contributed by atoms with Gasteiger partial charge < -0.3 is 10.4 Å². The van der Waals surface area contributed by atoms with E-state index >= 15 is 0 Å². The van der Waals surface area contributed by atoms with Crippen LogP contribution in [0.25, 0.3) is 0 Å². The molecule has 1 aromatic rings. The summed E-state index contributed by atoms with van der Waals surface area (Å²) >= 11 is 1.46. The molecule has 104 valence electrons. The summed E-state index contributed by atoms with van der Waals surface area (Å²) in [5, 5.41) is 15.9. The molecule has 0 spiro atoms. The highest BCUT2D eigenvalue weighted by atomic mass is 32.1. The minimum absolute atomic E-state index is 0.175. The first-order valence-electron chi connectivity index (χ1n) is 6.68. The van der Waals surface area contributed by atoms with Crippen LogP contribution in [-0.4, -0.2) is 23.5 Å². The van der Waals surface area contributed by atoms with Gasteiger partial charge in [-0.3, -0.25) is 9.59 Å². The Balaban J connectivity index is 2.00. The van der Waals surface area contributed by atoms with E-state index in [0.29, 0.717) is 18.4 Å². The van der Waals surface area contributed by atoms with Crippen LogP contribution in [0.1, 0.15) is 48.9 Å². The fourth-order valence-corrected chi connectivity index (χ4v) is 3.25. The van der Waals surface area contributed by atoms with Crippen LogP contribution in [0.3, 0.4) is 0 Å². The molecule has 1 heterocycles. The lowest BCUT2D eigenvalue weighted by Crippen LogP contribution is -2.42. The maximum atomic E-state index is 11.9. The number of amides is 1. The van der Waals surface area contributed by atoms with Gasteiger partial charge in [0.2, 0.25) is 0 Å². The van der Waals surface area contributed by atoms with Crippen molar-refractivity contribution in [2.75, 3.05) is 6.54 Å². The highest BCUT2D eigenvalue weighted by Gasteiger charge is 2.38. The van der Waals surface area contributed by atoms with Crippen molar-refractivity contribution < 1.29 is 14.7 Å². The topological polar surface area (TPSA) is 66.4 Å². The lowest BCUT2D eigenvalue weighted by atomic mass is 9.80. The van der Waals surface area contributed by atoms with Crippen molar-refractivity contribution in [2.24, 2.45) is 5.41 Å². The first kappa shape index (κ1) is 14.1. The van der Waals surface area contributed by atoms with Crippen molar-refractivity contribution in [3.05, 3.63) is 22.4 Å². The van der Waals surface area contributed by atoms with E-state index in [4.69, 9.17) is 0 Å². The van der Waals surface area contributed by atoms with Gasteiger partial charge in [-0.2, -0.15) is 11.3 Å². The van der Waals surface area contributed by atoms with E-state index in [0.717, 1.165) is 25.7 Å². The number of nitrogens with one attached hydrogen (secondary N) is 1. The van der Waals surface area contributed by atoms with Gasteiger partial charge in [0.25, 0.3) is 5.91 Å². The number of hydrogen-bond acceptors (Lipinski definition) is 3. The zero-order chi connectivity index (χ0) is 13.7. The fourth-order valence-electron chi connectivity index (χ4n) is 2.62. The van der Waals surface area contributed by atoms with Crippen LogP contribution in [-0.2, 0) is 4.79 Å². The van der Waals surface area contributed by atoms with Gasteiger partial charge in [-0.1, -0.05) is 25.7 Å². The van der Waals surface area contributed by atoms with Gasteiger partial charge in [-0.25, -0.2) is 0 Å². The number of carbonyl (C=O) groups excluding carboxylic acids is 1. The van der Waals surface area contributed by atoms with Crippen LogP contribution in [0.2, 0.25) is 0 Å². The molecule has 0 radical (unpaired) electrons. The minimum Gasteiger partial charge on any atom is -0.481 e. The molecule has 1 aliphatic carbocycles. The van der Waals surface area contributed by atoms with E-state index in [1.54, 1.807) is 11.4 Å². The maximum absolute atomic E-state index is 11.9. The van der Waals surface area contributed by atoms with E-state index in [2.05, 4.69) is 5.32 Å². The highest BCUT2D eigenvalue weighted by Crippen LogP contribution is 2.34. The van der Waals surface area contributed by atoms with Crippen molar-refractivity contribution >= 4 is 23.2 Å². The van der Waals surface area contributed by atoms with Crippen molar-refractivity contribution in [2.45, 2.75) is 38.5 Å². The number of thiophene rings is 1. The Labute approximate surface area is 116 Å². The third-order valence-electron chi connectivity index (χ3n) is 3.89. The number of carbonyl (C=O) groups is 2. The molecule has 1 saturated carbocycles. The second-order valence-electron chi connectivity index (χ2n) is 5.19. The normalized spacial score (nSPS) is 18.5. The Bertz CT molecular complexity index is 434. The van der Waals surface area contributed by atoms with Crippen LogP contribution >= 0.6 is 11.3 Å². The molecule has 5 heteroatoms. The fraction of sp³-hybridized carbons (Fsp3) is 0.571. The first-order valence-corrected chi connectivity index (χ1v) is 7.62. The molecule has 1 aromatic heterocycles. The van der Waals surface area contributed by atoms with Crippen molar-refractivity contribution in [1.82, 2.24) is 5.32 Å². The molecule has 0 aliphatic heterocycles. The molecule has 0 atom stereocenters. The number of carboxylic acids is 1. The molecule has 0 saturated heterocycles. The number of carboxylic acid groups (broad SMARTS) is 1. The average Bonchev–Trinajstić information content (AvgIpc) is 2.82. The zero-order valence-electron chi connectivity index (χ0n) is 10.9. The SMILES string of the molecule is O=C(NCC1(C(=O)O)CCCCCC1)c1ccsc1. The molecule has 1 amide bonds. The van der Waals surface area contributed by atoms with Gasteiger partial charge in [0.1, 0.15) is 0 Å². The summed E-state index contributed by atoms with van der Waals surface area (Å²) < 4.78 is 0. The standard InChI is InChI=1S/C14H19NO3S/c16-12(11-5-8-19-9-11)15-10-14(13(17)18)6-3-1-2-4-7-14/h5,8-9H,1-4,6-7,10H2,(H,15,16)(H,17,18). The van der Waals surface area contributed by atoms with Crippen LogP contribution in [0, 0.1) is 5.41 Å². The molecular formula is C14H19NO3S. The van der Waals surface area contributed by atoms with E-state index in [1.165, 1.54) is 11.3 Å². The van der Waals surface area contributed by atoms with E-state index in [9.17, 15) is 14.7 Å². The van der Waals surface area contributed by atoms with Crippen LogP contribution < -0.4 is 5.32 Å². The summed E-state index contributed by atoms with van der Waals surface area (Å²) in [6.07, 6.45) is 5.36. The molecule has 2 N–H and O–H groups in total. The number of hydrogen-bond donors (Lipinski definition) is 2. The quantitative estimate of drug-likeness (QED) is 0.834. The zero-order valence-corrected chi connectivity index (χ0v) is 11.7. The molecule has 4 nitrogen and oxygen atoms in total. The third-order valence-corrected chi connectivity index (χ3v) is 4.57. The molecule has 0 bridgehead atoms. The number of aliphatic carboxylic acids is 1. The van der Waals surface area contributed by atoms with Crippen molar-refractivity contribution in [1.29, 1.82) is 0 Å². The Morgan fingerprint density at radius 3 is 2.47 bits per heavy atom. The molecular weight excluding hydrogens is 262 g/mol.